The summed E-state index contributed by atoms with van der Waals surface area (Å²) in [6.07, 6.45) is 4.03. The number of rotatable bonds is 8. The normalized spacial score (nSPS) is 14.7. The average molecular weight is 529 g/mol. The zero-order chi connectivity index (χ0) is 26.0. The van der Waals surface area contributed by atoms with Crippen molar-refractivity contribution in [3.05, 3.63) is 59.9 Å². The van der Waals surface area contributed by atoms with Crippen molar-refractivity contribution >= 4 is 50.3 Å². The summed E-state index contributed by atoms with van der Waals surface area (Å²) in [6, 6.07) is 10.3. The molecule has 2 aromatic heterocycles. The van der Waals surface area contributed by atoms with Crippen LogP contribution in [0.25, 0.3) is 16.6 Å². The molecule has 0 fully saturated rings. The van der Waals surface area contributed by atoms with E-state index in [0.29, 0.717) is 29.2 Å². The second kappa shape index (κ2) is 10.5. The fourth-order valence-electron chi connectivity index (χ4n) is 4.17. The number of aromatic nitrogens is 2. The van der Waals surface area contributed by atoms with E-state index in [9.17, 15) is 23.1 Å². The van der Waals surface area contributed by atoms with Crippen LogP contribution in [0.5, 0.6) is 0 Å². The van der Waals surface area contributed by atoms with Crippen LogP contribution in [0.15, 0.2) is 58.5 Å². The van der Waals surface area contributed by atoms with Gasteiger partial charge in [-0.3, -0.25) is 9.59 Å². The SMILES string of the molecule is CNC(=O)c1ccc2c(C3=CCN(S(=O)(=O)c4ccc(SC(C)C)cc4)CC3)cn(CC(=O)O)c2n1. The second-order valence-corrected chi connectivity index (χ2v) is 12.3. The number of thioether (sulfide) groups is 1. The van der Waals surface area contributed by atoms with E-state index in [1.165, 1.54) is 15.9 Å². The Labute approximate surface area is 214 Å². The topological polar surface area (TPSA) is 122 Å². The summed E-state index contributed by atoms with van der Waals surface area (Å²) in [5.41, 5.74) is 2.28. The fourth-order valence-corrected chi connectivity index (χ4v) is 6.38. The second-order valence-electron chi connectivity index (χ2n) is 8.69. The summed E-state index contributed by atoms with van der Waals surface area (Å²) < 4.78 is 29.4. The van der Waals surface area contributed by atoms with Gasteiger partial charge in [0.15, 0.2) is 0 Å². The molecule has 2 N–H and O–H groups in total. The highest BCUT2D eigenvalue weighted by molar-refractivity contribution is 7.99. The Hall–Kier alpha value is -3.15. The molecule has 0 bridgehead atoms. The summed E-state index contributed by atoms with van der Waals surface area (Å²) >= 11 is 1.68. The molecule has 36 heavy (non-hydrogen) atoms. The summed E-state index contributed by atoms with van der Waals surface area (Å²) in [4.78, 5) is 29.1. The maximum absolute atomic E-state index is 13.2. The molecule has 1 aliphatic rings. The molecule has 9 nitrogen and oxygen atoms in total. The molecule has 190 valence electrons. The van der Waals surface area contributed by atoms with Gasteiger partial charge >= 0.3 is 5.97 Å². The molecule has 3 aromatic rings. The van der Waals surface area contributed by atoms with Gasteiger partial charge in [0, 0.05) is 47.4 Å². The number of carboxylic acids is 1. The fraction of sp³-hybridized carbons (Fsp3) is 0.320. The van der Waals surface area contributed by atoms with Crippen molar-refractivity contribution in [1.29, 1.82) is 0 Å². The van der Waals surface area contributed by atoms with E-state index in [0.717, 1.165) is 16.0 Å². The van der Waals surface area contributed by atoms with E-state index in [4.69, 9.17) is 0 Å². The van der Waals surface area contributed by atoms with Gasteiger partial charge in [-0.15, -0.1) is 11.8 Å². The van der Waals surface area contributed by atoms with E-state index >= 15 is 0 Å². The molecule has 1 aliphatic heterocycles. The van der Waals surface area contributed by atoms with Gasteiger partial charge in [0.2, 0.25) is 10.0 Å². The lowest BCUT2D eigenvalue weighted by Gasteiger charge is -2.26. The lowest BCUT2D eigenvalue weighted by Crippen LogP contribution is -2.34. The zero-order valence-corrected chi connectivity index (χ0v) is 21.9. The number of carboxylic acid groups (broad SMARTS) is 1. The van der Waals surface area contributed by atoms with Crippen molar-refractivity contribution in [1.82, 2.24) is 19.2 Å². The number of hydrogen-bond donors (Lipinski definition) is 2. The quantitative estimate of drug-likeness (QED) is 0.430. The summed E-state index contributed by atoms with van der Waals surface area (Å²) in [5.74, 6) is -1.40. The number of nitrogens with zero attached hydrogens (tertiary/aromatic N) is 3. The van der Waals surface area contributed by atoms with Gasteiger partial charge in [-0.1, -0.05) is 19.9 Å². The highest BCUT2D eigenvalue weighted by Crippen LogP contribution is 2.32. The van der Waals surface area contributed by atoms with Gasteiger partial charge < -0.3 is 15.0 Å². The van der Waals surface area contributed by atoms with Crippen molar-refractivity contribution in [3.8, 4) is 0 Å². The first-order chi connectivity index (χ1) is 17.1. The molecular formula is C25H28N4O5S2. The number of nitrogens with one attached hydrogen (secondary N) is 1. The predicted molar refractivity (Wildman–Crippen MR) is 140 cm³/mol. The number of carbonyl (C=O) groups is 2. The van der Waals surface area contributed by atoms with Crippen LogP contribution in [0, 0.1) is 0 Å². The number of hydrogen-bond acceptors (Lipinski definition) is 6. The predicted octanol–water partition coefficient (Wildman–Crippen LogP) is 3.46. The maximum atomic E-state index is 13.2. The van der Waals surface area contributed by atoms with Crippen LogP contribution in [0.1, 0.15) is 36.3 Å². The Balaban J connectivity index is 1.61. The van der Waals surface area contributed by atoms with Gasteiger partial charge in [-0.25, -0.2) is 13.4 Å². The molecule has 0 aliphatic carbocycles. The lowest BCUT2D eigenvalue weighted by molar-refractivity contribution is -0.137. The van der Waals surface area contributed by atoms with Crippen molar-refractivity contribution < 1.29 is 23.1 Å². The Morgan fingerprint density at radius 1 is 1.17 bits per heavy atom. The third kappa shape index (κ3) is 5.32. The molecule has 0 unspecified atom stereocenters. The van der Waals surface area contributed by atoms with Crippen molar-refractivity contribution in [2.24, 2.45) is 0 Å². The number of benzene rings is 1. The molecule has 11 heteroatoms. The Kier molecular flexibility index (Phi) is 7.53. The van der Waals surface area contributed by atoms with Crippen molar-refractivity contribution in [2.75, 3.05) is 20.1 Å². The molecule has 1 amide bonds. The highest BCUT2D eigenvalue weighted by atomic mass is 32.2. The summed E-state index contributed by atoms with van der Waals surface area (Å²) in [6.45, 7) is 4.37. The van der Waals surface area contributed by atoms with Crippen molar-refractivity contribution in [2.45, 2.75) is 41.9 Å². The number of amides is 1. The van der Waals surface area contributed by atoms with Crippen LogP contribution in [0.3, 0.4) is 0 Å². The van der Waals surface area contributed by atoms with Gasteiger partial charge in [-0.2, -0.15) is 4.31 Å². The first-order valence-electron chi connectivity index (χ1n) is 11.5. The van der Waals surface area contributed by atoms with E-state index in [1.807, 2.05) is 18.2 Å². The van der Waals surface area contributed by atoms with Crippen LogP contribution < -0.4 is 5.32 Å². The summed E-state index contributed by atoms with van der Waals surface area (Å²) in [7, 11) is -2.14. The molecule has 0 atom stereocenters. The highest BCUT2D eigenvalue weighted by Gasteiger charge is 2.27. The van der Waals surface area contributed by atoms with Crippen molar-refractivity contribution in [3.63, 3.8) is 0 Å². The number of fused-ring (bicyclic) bond motifs is 1. The molecule has 0 radical (unpaired) electrons. The molecule has 1 aromatic carbocycles. The minimum atomic E-state index is -3.64. The van der Waals surface area contributed by atoms with Crippen LogP contribution >= 0.6 is 11.8 Å². The minimum absolute atomic E-state index is 0.189. The Bertz CT molecular complexity index is 1440. The van der Waals surface area contributed by atoms with E-state index in [1.54, 1.807) is 42.2 Å². The number of pyridine rings is 1. The molecule has 3 heterocycles. The number of aliphatic carboxylic acids is 1. The standard InChI is InChI=1S/C25H28N4O5S2/c1-16(2)35-18-4-6-19(7-5-18)36(33,34)29-12-10-17(11-13-29)21-14-28(15-23(30)31)24-20(21)8-9-22(27-24)25(32)26-3/h4-10,14,16H,11-13,15H2,1-3H3,(H,26,32)(H,30,31). The van der Waals surface area contributed by atoms with Crippen LogP contribution in [-0.4, -0.2) is 64.6 Å². The average Bonchev–Trinajstić information content (AvgIpc) is 3.20. The Morgan fingerprint density at radius 2 is 1.89 bits per heavy atom. The smallest absolute Gasteiger partial charge is 0.323 e. The minimum Gasteiger partial charge on any atom is -0.480 e. The van der Waals surface area contributed by atoms with Gasteiger partial charge in [0.25, 0.3) is 5.91 Å². The van der Waals surface area contributed by atoms with E-state index in [-0.39, 0.29) is 29.6 Å². The first kappa shape index (κ1) is 25.9. The zero-order valence-electron chi connectivity index (χ0n) is 20.3. The number of sulfonamides is 1. The third-order valence-corrected chi connectivity index (χ3v) is 8.73. The molecular weight excluding hydrogens is 500 g/mol. The lowest BCUT2D eigenvalue weighted by atomic mass is 10.0. The van der Waals surface area contributed by atoms with E-state index < -0.39 is 16.0 Å². The van der Waals surface area contributed by atoms with Gasteiger partial charge in [0.1, 0.15) is 17.9 Å². The van der Waals surface area contributed by atoms with Crippen LogP contribution in [0.2, 0.25) is 0 Å². The maximum Gasteiger partial charge on any atom is 0.323 e. The first-order valence-corrected chi connectivity index (χ1v) is 13.8. The monoisotopic (exact) mass is 528 g/mol. The molecule has 0 saturated carbocycles. The number of carbonyl (C=O) groups excluding carboxylic acids is 1. The van der Waals surface area contributed by atoms with Gasteiger partial charge in [0.05, 0.1) is 4.90 Å². The molecule has 4 rings (SSSR count). The van der Waals surface area contributed by atoms with Crippen LogP contribution in [-0.2, 0) is 21.4 Å². The van der Waals surface area contributed by atoms with Crippen LogP contribution in [0.4, 0.5) is 0 Å². The third-order valence-electron chi connectivity index (χ3n) is 5.84. The largest absolute Gasteiger partial charge is 0.480 e. The Morgan fingerprint density at radius 3 is 2.47 bits per heavy atom. The van der Waals surface area contributed by atoms with E-state index in [2.05, 4.69) is 24.1 Å². The molecule has 0 spiro atoms. The summed E-state index contributed by atoms with van der Waals surface area (Å²) in [5, 5.41) is 13.0. The molecule has 0 saturated heterocycles. The van der Waals surface area contributed by atoms with Gasteiger partial charge in [-0.05, 0) is 48.4 Å².